The number of aromatic nitrogens is 2. The van der Waals surface area contributed by atoms with Crippen LogP contribution in [0.3, 0.4) is 0 Å². The minimum Gasteiger partial charge on any atom is -0.370 e. The van der Waals surface area contributed by atoms with Crippen LogP contribution in [0.2, 0.25) is 0 Å². The molecule has 1 aromatic rings. The predicted octanol–water partition coefficient (Wildman–Crippen LogP) is 1.71. The first-order valence-corrected chi connectivity index (χ1v) is 8.16. The third kappa shape index (κ3) is 4.00. The molecule has 7 heteroatoms. The van der Waals surface area contributed by atoms with Gasteiger partial charge >= 0.3 is 0 Å². The standard InChI is InChI=1S/C13H21N5OS/c1-3-6-14-10-8-11(18-13(17-10)20-2)16-9-5-4-7-15-12(9)19/h8-9H,3-7H2,1-2H3,(H,15,19)(H2,14,16,17,18). The summed E-state index contributed by atoms with van der Waals surface area (Å²) in [6.07, 6.45) is 4.80. The number of rotatable bonds is 6. The highest BCUT2D eigenvalue weighted by molar-refractivity contribution is 7.98. The zero-order valence-corrected chi connectivity index (χ0v) is 12.7. The summed E-state index contributed by atoms with van der Waals surface area (Å²) >= 11 is 1.49. The predicted molar refractivity (Wildman–Crippen MR) is 82.2 cm³/mol. The van der Waals surface area contributed by atoms with Crippen molar-refractivity contribution in [2.24, 2.45) is 0 Å². The van der Waals surface area contributed by atoms with Gasteiger partial charge in [-0.25, -0.2) is 9.97 Å². The molecule has 0 spiro atoms. The van der Waals surface area contributed by atoms with E-state index in [0.29, 0.717) is 11.0 Å². The van der Waals surface area contributed by atoms with Crippen LogP contribution in [0.4, 0.5) is 11.6 Å². The van der Waals surface area contributed by atoms with Crippen LogP contribution in [0.1, 0.15) is 26.2 Å². The van der Waals surface area contributed by atoms with Crippen molar-refractivity contribution in [2.45, 2.75) is 37.4 Å². The van der Waals surface area contributed by atoms with Gasteiger partial charge in [-0.1, -0.05) is 18.7 Å². The minimum atomic E-state index is -0.201. The molecular formula is C13H21N5OS. The van der Waals surface area contributed by atoms with Crippen LogP contribution in [0, 0.1) is 0 Å². The fraction of sp³-hybridized carbons (Fsp3) is 0.615. The van der Waals surface area contributed by atoms with Gasteiger partial charge in [0.15, 0.2) is 5.16 Å². The third-order valence-electron chi connectivity index (χ3n) is 3.05. The minimum absolute atomic E-state index is 0.0450. The molecule has 0 aliphatic carbocycles. The van der Waals surface area contributed by atoms with E-state index in [-0.39, 0.29) is 11.9 Å². The number of carbonyl (C=O) groups is 1. The molecule has 110 valence electrons. The smallest absolute Gasteiger partial charge is 0.242 e. The summed E-state index contributed by atoms with van der Waals surface area (Å²) in [4.78, 5) is 20.6. The molecule has 20 heavy (non-hydrogen) atoms. The van der Waals surface area contributed by atoms with Crippen molar-refractivity contribution in [1.82, 2.24) is 15.3 Å². The number of piperidine rings is 1. The molecule has 2 rings (SSSR count). The molecule has 1 aliphatic heterocycles. The number of amides is 1. The average molecular weight is 295 g/mol. The lowest BCUT2D eigenvalue weighted by molar-refractivity contribution is -0.123. The summed E-state index contributed by atoms with van der Waals surface area (Å²) in [6.45, 7) is 3.74. The Balaban J connectivity index is 2.10. The second kappa shape index (κ2) is 7.33. The molecule has 1 unspecified atom stereocenters. The highest BCUT2D eigenvalue weighted by Gasteiger charge is 2.22. The second-order valence-corrected chi connectivity index (χ2v) is 5.46. The average Bonchev–Trinajstić information content (AvgIpc) is 2.47. The Morgan fingerprint density at radius 1 is 1.45 bits per heavy atom. The Morgan fingerprint density at radius 2 is 2.25 bits per heavy atom. The number of nitrogens with zero attached hydrogens (tertiary/aromatic N) is 2. The summed E-state index contributed by atoms with van der Waals surface area (Å²) in [5.41, 5.74) is 0. The van der Waals surface area contributed by atoms with Crippen molar-refractivity contribution in [2.75, 3.05) is 30.0 Å². The first kappa shape index (κ1) is 14.9. The number of hydrogen-bond donors (Lipinski definition) is 3. The van der Waals surface area contributed by atoms with Gasteiger partial charge in [0, 0.05) is 19.2 Å². The molecule has 3 N–H and O–H groups in total. The molecule has 1 saturated heterocycles. The lowest BCUT2D eigenvalue weighted by Gasteiger charge is -2.23. The van der Waals surface area contributed by atoms with Gasteiger partial charge in [0.1, 0.15) is 17.7 Å². The molecule has 2 heterocycles. The Labute approximate surface area is 123 Å². The molecule has 1 amide bonds. The summed E-state index contributed by atoms with van der Waals surface area (Å²) in [6, 6.07) is 1.66. The first-order chi connectivity index (χ1) is 9.72. The van der Waals surface area contributed by atoms with Gasteiger partial charge in [0.05, 0.1) is 0 Å². The molecule has 1 fully saturated rings. The lowest BCUT2D eigenvalue weighted by atomic mass is 10.1. The van der Waals surface area contributed by atoms with Crippen molar-refractivity contribution in [3.8, 4) is 0 Å². The van der Waals surface area contributed by atoms with Gasteiger partial charge in [0.2, 0.25) is 5.91 Å². The summed E-state index contributed by atoms with van der Waals surface area (Å²) in [5.74, 6) is 1.54. The van der Waals surface area contributed by atoms with E-state index in [4.69, 9.17) is 0 Å². The quantitative estimate of drug-likeness (QED) is 0.548. The zero-order valence-electron chi connectivity index (χ0n) is 11.9. The summed E-state index contributed by atoms with van der Waals surface area (Å²) < 4.78 is 0. The molecular weight excluding hydrogens is 274 g/mol. The molecule has 1 aromatic heterocycles. The fourth-order valence-electron chi connectivity index (χ4n) is 2.02. The Kier molecular flexibility index (Phi) is 5.46. The normalized spacial score (nSPS) is 18.5. The van der Waals surface area contributed by atoms with Crippen molar-refractivity contribution >= 4 is 29.3 Å². The van der Waals surface area contributed by atoms with Crippen LogP contribution >= 0.6 is 11.8 Å². The Morgan fingerprint density at radius 3 is 2.95 bits per heavy atom. The van der Waals surface area contributed by atoms with E-state index in [1.54, 1.807) is 0 Å². The molecule has 6 nitrogen and oxygen atoms in total. The topological polar surface area (TPSA) is 78.9 Å². The van der Waals surface area contributed by atoms with E-state index in [0.717, 1.165) is 38.2 Å². The third-order valence-corrected chi connectivity index (χ3v) is 3.60. The van der Waals surface area contributed by atoms with Crippen molar-refractivity contribution in [3.63, 3.8) is 0 Å². The molecule has 0 bridgehead atoms. The van der Waals surface area contributed by atoms with E-state index in [1.807, 2.05) is 12.3 Å². The van der Waals surface area contributed by atoms with Gasteiger partial charge in [-0.15, -0.1) is 0 Å². The van der Waals surface area contributed by atoms with E-state index in [9.17, 15) is 4.79 Å². The Bertz CT molecular complexity index is 468. The van der Waals surface area contributed by atoms with Crippen molar-refractivity contribution in [1.29, 1.82) is 0 Å². The van der Waals surface area contributed by atoms with E-state index >= 15 is 0 Å². The van der Waals surface area contributed by atoms with Crippen LogP contribution in [-0.2, 0) is 4.79 Å². The number of anilines is 2. The molecule has 1 aliphatic rings. The highest BCUT2D eigenvalue weighted by atomic mass is 32.2. The SMILES string of the molecule is CCCNc1cc(NC2CCCNC2=O)nc(SC)n1. The van der Waals surface area contributed by atoms with Crippen LogP contribution in [0.5, 0.6) is 0 Å². The summed E-state index contributed by atoms with van der Waals surface area (Å²) in [5, 5.41) is 10.0. The van der Waals surface area contributed by atoms with E-state index in [2.05, 4.69) is 32.8 Å². The van der Waals surface area contributed by atoms with Crippen LogP contribution in [-0.4, -0.2) is 41.3 Å². The lowest BCUT2D eigenvalue weighted by Crippen LogP contribution is -2.44. The zero-order chi connectivity index (χ0) is 14.4. The van der Waals surface area contributed by atoms with Gasteiger partial charge in [-0.2, -0.15) is 0 Å². The molecule has 0 radical (unpaired) electrons. The van der Waals surface area contributed by atoms with Crippen LogP contribution in [0.15, 0.2) is 11.2 Å². The Hall–Kier alpha value is -1.50. The maximum absolute atomic E-state index is 11.8. The highest BCUT2D eigenvalue weighted by Crippen LogP contribution is 2.19. The largest absolute Gasteiger partial charge is 0.370 e. The van der Waals surface area contributed by atoms with Crippen molar-refractivity contribution < 1.29 is 4.79 Å². The van der Waals surface area contributed by atoms with Gasteiger partial charge < -0.3 is 16.0 Å². The van der Waals surface area contributed by atoms with E-state index < -0.39 is 0 Å². The second-order valence-electron chi connectivity index (χ2n) is 4.68. The van der Waals surface area contributed by atoms with Crippen LogP contribution in [0.25, 0.3) is 0 Å². The van der Waals surface area contributed by atoms with Crippen LogP contribution < -0.4 is 16.0 Å². The monoisotopic (exact) mass is 295 g/mol. The van der Waals surface area contributed by atoms with Crippen molar-refractivity contribution in [3.05, 3.63) is 6.07 Å². The molecule has 1 atom stereocenters. The van der Waals surface area contributed by atoms with E-state index in [1.165, 1.54) is 11.8 Å². The first-order valence-electron chi connectivity index (χ1n) is 6.94. The van der Waals surface area contributed by atoms with Gasteiger partial charge in [-0.3, -0.25) is 4.79 Å². The maximum atomic E-state index is 11.8. The summed E-state index contributed by atoms with van der Waals surface area (Å²) in [7, 11) is 0. The number of nitrogens with one attached hydrogen (secondary N) is 3. The van der Waals surface area contributed by atoms with Gasteiger partial charge in [0.25, 0.3) is 0 Å². The fourth-order valence-corrected chi connectivity index (χ4v) is 2.40. The maximum Gasteiger partial charge on any atom is 0.242 e. The number of hydrogen-bond acceptors (Lipinski definition) is 6. The molecule has 0 saturated carbocycles. The number of carbonyl (C=O) groups excluding carboxylic acids is 1. The molecule has 0 aromatic carbocycles. The van der Waals surface area contributed by atoms with Gasteiger partial charge in [-0.05, 0) is 25.5 Å². The number of thioether (sulfide) groups is 1.